The maximum Gasteiger partial charge on any atom is 0.120 e. The molecule has 0 aliphatic carbocycles. The maximum atomic E-state index is 6.00. The van der Waals surface area contributed by atoms with Crippen LogP contribution in [0.4, 0.5) is 0 Å². The fourth-order valence-corrected chi connectivity index (χ4v) is 2.38. The first-order valence-electron chi connectivity index (χ1n) is 7.29. The largest absolute Gasteiger partial charge is 0.491 e. The minimum atomic E-state index is 0.190. The normalized spacial score (nSPS) is 12.4. The van der Waals surface area contributed by atoms with Crippen LogP contribution in [0.1, 0.15) is 37.9 Å². The molecular weight excluding hydrogens is 282 g/mol. The van der Waals surface area contributed by atoms with E-state index in [0.717, 1.165) is 17.3 Å². The second-order valence-corrected chi connectivity index (χ2v) is 5.91. The summed E-state index contributed by atoms with van der Waals surface area (Å²) in [6, 6.07) is 16.4. The summed E-state index contributed by atoms with van der Waals surface area (Å²) in [5, 5.41) is 4.28. The molecule has 0 heterocycles. The topological polar surface area (TPSA) is 21.3 Å². The average molecular weight is 304 g/mol. The number of hydrogen-bond acceptors (Lipinski definition) is 2. The third-order valence-electron chi connectivity index (χ3n) is 3.23. The number of nitrogens with one attached hydrogen (secondary N) is 1. The maximum absolute atomic E-state index is 6.00. The van der Waals surface area contributed by atoms with E-state index in [0.29, 0.717) is 0 Å². The van der Waals surface area contributed by atoms with Crippen molar-refractivity contribution in [1.29, 1.82) is 0 Å². The van der Waals surface area contributed by atoms with Gasteiger partial charge in [-0.15, -0.1) is 0 Å². The fraction of sp³-hybridized carbons (Fsp3) is 0.333. The molecule has 0 amide bonds. The lowest BCUT2D eigenvalue weighted by atomic mass is 10.1. The molecule has 2 nitrogen and oxygen atoms in total. The lowest BCUT2D eigenvalue weighted by Crippen LogP contribution is -2.18. The Hall–Kier alpha value is -1.51. The van der Waals surface area contributed by atoms with E-state index in [9.17, 15) is 0 Å². The molecular formula is C18H22ClNO. The standard InChI is InChI=1S/C18H22ClNO/c1-13(2)21-18-9-5-7-16(11-18)14(3)20-12-15-6-4-8-17(19)10-15/h4-11,13-14,20H,12H2,1-3H3. The summed E-state index contributed by atoms with van der Waals surface area (Å²) in [5.41, 5.74) is 2.40. The third-order valence-corrected chi connectivity index (χ3v) is 3.47. The van der Waals surface area contributed by atoms with E-state index >= 15 is 0 Å². The Kier molecular flexibility index (Phi) is 5.66. The molecule has 2 aromatic rings. The lowest BCUT2D eigenvalue weighted by Gasteiger charge is -2.16. The fourth-order valence-electron chi connectivity index (χ4n) is 2.17. The predicted molar refractivity (Wildman–Crippen MR) is 88.9 cm³/mol. The van der Waals surface area contributed by atoms with Gasteiger partial charge in [-0.3, -0.25) is 0 Å². The van der Waals surface area contributed by atoms with Gasteiger partial charge in [-0.2, -0.15) is 0 Å². The highest BCUT2D eigenvalue weighted by atomic mass is 35.5. The lowest BCUT2D eigenvalue weighted by molar-refractivity contribution is 0.242. The van der Waals surface area contributed by atoms with Gasteiger partial charge in [0.1, 0.15) is 5.75 Å². The van der Waals surface area contributed by atoms with Gasteiger partial charge in [0.05, 0.1) is 6.10 Å². The van der Waals surface area contributed by atoms with E-state index in [1.807, 2.05) is 44.2 Å². The molecule has 1 atom stereocenters. The SMILES string of the molecule is CC(C)Oc1cccc(C(C)NCc2cccc(Cl)c2)c1. The van der Waals surface area contributed by atoms with Crippen LogP contribution in [0, 0.1) is 0 Å². The first-order chi connectivity index (χ1) is 10.0. The molecule has 21 heavy (non-hydrogen) atoms. The molecule has 0 aliphatic heterocycles. The van der Waals surface area contributed by atoms with Gasteiger partial charge in [0, 0.05) is 17.6 Å². The van der Waals surface area contributed by atoms with E-state index in [2.05, 4.69) is 30.4 Å². The van der Waals surface area contributed by atoms with Crippen molar-refractivity contribution >= 4 is 11.6 Å². The van der Waals surface area contributed by atoms with Crippen LogP contribution in [0.25, 0.3) is 0 Å². The molecule has 0 radical (unpaired) electrons. The van der Waals surface area contributed by atoms with E-state index in [4.69, 9.17) is 16.3 Å². The summed E-state index contributed by atoms with van der Waals surface area (Å²) in [6.07, 6.45) is 0.190. The van der Waals surface area contributed by atoms with Crippen LogP contribution in [-0.4, -0.2) is 6.10 Å². The summed E-state index contributed by atoms with van der Waals surface area (Å²) in [6.45, 7) is 7.01. The summed E-state index contributed by atoms with van der Waals surface area (Å²) in [7, 11) is 0. The van der Waals surface area contributed by atoms with Crippen LogP contribution in [0.2, 0.25) is 5.02 Å². The first-order valence-corrected chi connectivity index (χ1v) is 7.67. The van der Waals surface area contributed by atoms with E-state index < -0.39 is 0 Å². The average Bonchev–Trinajstić information content (AvgIpc) is 2.44. The quantitative estimate of drug-likeness (QED) is 0.813. The molecule has 0 fully saturated rings. The second-order valence-electron chi connectivity index (χ2n) is 5.47. The molecule has 3 heteroatoms. The Bertz CT molecular complexity index is 583. The van der Waals surface area contributed by atoms with Crippen molar-refractivity contribution in [2.45, 2.75) is 39.5 Å². The van der Waals surface area contributed by atoms with Crippen molar-refractivity contribution < 1.29 is 4.74 Å². The van der Waals surface area contributed by atoms with Gasteiger partial charge in [-0.05, 0) is 56.2 Å². The molecule has 0 aromatic heterocycles. The van der Waals surface area contributed by atoms with Crippen molar-refractivity contribution in [3.8, 4) is 5.75 Å². The van der Waals surface area contributed by atoms with Crippen molar-refractivity contribution in [2.24, 2.45) is 0 Å². The minimum Gasteiger partial charge on any atom is -0.491 e. The molecule has 0 bridgehead atoms. The van der Waals surface area contributed by atoms with Gasteiger partial charge in [0.25, 0.3) is 0 Å². The molecule has 0 saturated carbocycles. The van der Waals surface area contributed by atoms with E-state index in [1.165, 1.54) is 11.1 Å². The van der Waals surface area contributed by atoms with Crippen molar-refractivity contribution in [3.63, 3.8) is 0 Å². The number of rotatable bonds is 6. The zero-order valence-corrected chi connectivity index (χ0v) is 13.5. The highest BCUT2D eigenvalue weighted by molar-refractivity contribution is 6.30. The van der Waals surface area contributed by atoms with Gasteiger partial charge in [0.15, 0.2) is 0 Å². The Balaban J connectivity index is 1.98. The smallest absolute Gasteiger partial charge is 0.120 e. The van der Waals surface area contributed by atoms with Gasteiger partial charge >= 0.3 is 0 Å². The van der Waals surface area contributed by atoms with Gasteiger partial charge in [-0.1, -0.05) is 35.9 Å². The minimum absolute atomic E-state index is 0.190. The van der Waals surface area contributed by atoms with Crippen molar-refractivity contribution in [2.75, 3.05) is 0 Å². The molecule has 0 saturated heterocycles. The molecule has 0 aliphatic rings. The van der Waals surface area contributed by atoms with Gasteiger partial charge < -0.3 is 10.1 Å². The molecule has 112 valence electrons. The number of ether oxygens (including phenoxy) is 1. The summed E-state index contributed by atoms with van der Waals surface area (Å²) < 4.78 is 5.74. The molecule has 0 spiro atoms. The third kappa shape index (κ3) is 5.07. The van der Waals surface area contributed by atoms with Crippen LogP contribution < -0.4 is 10.1 Å². The Morgan fingerprint density at radius 2 is 1.81 bits per heavy atom. The Morgan fingerprint density at radius 1 is 1.05 bits per heavy atom. The highest BCUT2D eigenvalue weighted by Gasteiger charge is 2.07. The van der Waals surface area contributed by atoms with Crippen LogP contribution >= 0.6 is 11.6 Å². The summed E-state index contributed by atoms with van der Waals surface area (Å²) >= 11 is 6.00. The monoisotopic (exact) mass is 303 g/mol. The van der Waals surface area contributed by atoms with Crippen molar-refractivity contribution in [1.82, 2.24) is 5.32 Å². The van der Waals surface area contributed by atoms with Crippen LogP contribution in [-0.2, 0) is 6.54 Å². The molecule has 2 rings (SSSR count). The van der Waals surface area contributed by atoms with E-state index in [-0.39, 0.29) is 12.1 Å². The van der Waals surface area contributed by atoms with Gasteiger partial charge in [0.2, 0.25) is 0 Å². The highest BCUT2D eigenvalue weighted by Crippen LogP contribution is 2.20. The molecule has 2 aromatic carbocycles. The second kappa shape index (κ2) is 7.48. The first kappa shape index (κ1) is 15.9. The predicted octanol–water partition coefficient (Wildman–Crippen LogP) is 4.98. The van der Waals surface area contributed by atoms with Crippen molar-refractivity contribution in [3.05, 3.63) is 64.7 Å². The zero-order valence-electron chi connectivity index (χ0n) is 12.8. The van der Waals surface area contributed by atoms with Crippen LogP contribution in [0.5, 0.6) is 5.75 Å². The summed E-state index contributed by atoms with van der Waals surface area (Å²) in [5.74, 6) is 0.916. The van der Waals surface area contributed by atoms with Crippen LogP contribution in [0.15, 0.2) is 48.5 Å². The number of benzene rings is 2. The van der Waals surface area contributed by atoms with Gasteiger partial charge in [-0.25, -0.2) is 0 Å². The number of hydrogen-bond donors (Lipinski definition) is 1. The van der Waals surface area contributed by atoms with E-state index in [1.54, 1.807) is 0 Å². The zero-order chi connectivity index (χ0) is 15.2. The Labute approximate surface area is 132 Å². The Morgan fingerprint density at radius 3 is 2.52 bits per heavy atom. The molecule has 1 unspecified atom stereocenters. The number of halogens is 1. The van der Waals surface area contributed by atoms with Crippen LogP contribution in [0.3, 0.4) is 0 Å². The summed E-state index contributed by atoms with van der Waals surface area (Å²) in [4.78, 5) is 0. The molecule has 1 N–H and O–H groups in total.